The number of aliphatic carboxylic acids is 1. The van der Waals surface area contributed by atoms with E-state index >= 15 is 0 Å². The van der Waals surface area contributed by atoms with Crippen molar-refractivity contribution in [1.29, 1.82) is 0 Å². The summed E-state index contributed by atoms with van der Waals surface area (Å²) in [6.07, 6.45) is 1.70. The van der Waals surface area contributed by atoms with Gasteiger partial charge in [-0.25, -0.2) is 4.79 Å². The molecular formula is C13H27N3O4. The fourth-order valence-corrected chi connectivity index (χ4v) is 1.44. The molecule has 0 aromatic carbocycles. The summed E-state index contributed by atoms with van der Waals surface area (Å²) in [6, 6.07) is -1.82. The molecule has 0 saturated heterocycles. The summed E-state index contributed by atoms with van der Waals surface area (Å²) < 4.78 is 5.40. The van der Waals surface area contributed by atoms with Crippen LogP contribution < -0.4 is 16.8 Å². The maximum atomic E-state index is 11.8. The molecule has 0 unspecified atom stereocenters. The van der Waals surface area contributed by atoms with E-state index < -0.39 is 29.6 Å². The Bertz CT molecular complexity index is 315. The van der Waals surface area contributed by atoms with Gasteiger partial charge < -0.3 is 26.6 Å². The van der Waals surface area contributed by atoms with Crippen LogP contribution in [0.25, 0.3) is 0 Å². The second-order valence-corrected chi connectivity index (χ2v) is 5.71. The summed E-state index contributed by atoms with van der Waals surface area (Å²) in [5.74, 6) is -1.59. The molecule has 7 heteroatoms. The van der Waals surface area contributed by atoms with E-state index in [4.69, 9.17) is 21.3 Å². The largest absolute Gasteiger partial charge is 0.480 e. The summed E-state index contributed by atoms with van der Waals surface area (Å²) in [5, 5.41) is 11.5. The first-order chi connectivity index (χ1) is 9.17. The Morgan fingerprint density at radius 3 is 2.35 bits per heavy atom. The molecule has 0 aromatic heterocycles. The van der Waals surface area contributed by atoms with E-state index in [1.165, 1.54) is 0 Å². The average molecular weight is 289 g/mol. The Balaban J connectivity index is 4.26. The van der Waals surface area contributed by atoms with E-state index in [2.05, 4.69) is 5.32 Å². The standard InChI is InChI=1S/C13H27N3O4/c1-13(2,3)20-8-9(15)11(17)16-10(12(18)19)6-4-5-7-14/h9-10H,4-8,14-15H2,1-3H3,(H,16,17)(H,18,19)/t9-,10-/m0/s1. The maximum absolute atomic E-state index is 11.8. The average Bonchev–Trinajstić information content (AvgIpc) is 2.33. The molecule has 0 saturated carbocycles. The molecular weight excluding hydrogens is 262 g/mol. The number of ether oxygens (including phenoxy) is 1. The molecule has 0 spiro atoms. The molecule has 118 valence electrons. The number of carbonyl (C=O) groups is 2. The van der Waals surface area contributed by atoms with Crippen LogP contribution in [0.5, 0.6) is 0 Å². The molecule has 0 radical (unpaired) electrons. The molecule has 0 heterocycles. The quantitative estimate of drug-likeness (QED) is 0.436. The molecule has 7 nitrogen and oxygen atoms in total. The van der Waals surface area contributed by atoms with E-state index in [-0.39, 0.29) is 6.61 Å². The van der Waals surface area contributed by atoms with Gasteiger partial charge in [0.1, 0.15) is 12.1 Å². The minimum atomic E-state index is -1.07. The molecule has 0 rings (SSSR count). The monoisotopic (exact) mass is 289 g/mol. The van der Waals surface area contributed by atoms with Crippen molar-refractivity contribution < 1.29 is 19.4 Å². The third-order valence-electron chi connectivity index (χ3n) is 2.59. The molecule has 0 aliphatic heterocycles. The zero-order chi connectivity index (χ0) is 15.8. The van der Waals surface area contributed by atoms with Gasteiger partial charge in [0.25, 0.3) is 0 Å². The van der Waals surface area contributed by atoms with Crippen LogP contribution >= 0.6 is 0 Å². The summed E-state index contributed by atoms with van der Waals surface area (Å²) in [7, 11) is 0. The molecule has 0 fully saturated rings. The fraction of sp³-hybridized carbons (Fsp3) is 0.846. The van der Waals surface area contributed by atoms with Crippen molar-refractivity contribution in [3.05, 3.63) is 0 Å². The zero-order valence-electron chi connectivity index (χ0n) is 12.5. The number of hydrogen-bond donors (Lipinski definition) is 4. The Labute approximate surface area is 120 Å². The first-order valence-corrected chi connectivity index (χ1v) is 6.80. The van der Waals surface area contributed by atoms with Crippen molar-refractivity contribution in [1.82, 2.24) is 5.32 Å². The van der Waals surface area contributed by atoms with E-state index in [0.717, 1.165) is 6.42 Å². The number of hydrogen-bond acceptors (Lipinski definition) is 5. The summed E-state index contributed by atoms with van der Waals surface area (Å²) >= 11 is 0. The van der Waals surface area contributed by atoms with Crippen molar-refractivity contribution in [3.63, 3.8) is 0 Å². The first kappa shape index (κ1) is 18.8. The first-order valence-electron chi connectivity index (χ1n) is 6.80. The number of carboxylic acid groups (broad SMARTS) is 1. The van der Waals surface area contributed by atoms with Gasteiger partial charge in [0.05, 0.1) is 12.2 Å². The second kappa shape index (κ2) is 8.89. The van der Waals surface area contributed by atoms with Crippen molar-refractivity contribution >= 4 is 11.9 Å². The number of nitrogens with two attached hydrogens (primary N) is 2. The number of carbonyl (C=O) groups excluding carboxylic acids is 1. The third kappa shape index (κ3) is 8.84. The fourth-order valence-electron chi connectivity index (χ4n) is 1.44. The zero-order valence-corrected chi connectivity index (χ0v) is 12.5. The molecule has 6 N–H and O–H groups in total. The lowest BCUT2D eigenvalue weighted by molar-refractivity contribution is -0.142. The molecule has 0 aliphatic carbocycles. The lowest BCUT2D eigenvalue weighted by atomic mass is 10.1. The van der Waals surface area contributed by atoms with Gasteiger partial charge in [-0.3, -0.25) is 4.79 Å². The minimum Gasteiger partial charge on any atom is -0.480 e. The Morgan fingerprint density at radius 1 is 1.30 bits per heavy atom. The summed E-state index contributed by atoms with van der Waals surface area (Å²) in [6.45, 7) is 6.10. The van der Waals surface area contributed by atoms with Gasteiger partial charge in [-0.05, 0) is 46.6 Å². The van der Waals surface area contributed by atoms with Crippen LogP contribution in [-0.2, 0) is 14.3 Å². The Kier molecular flexibility index (Phi) is 8.36. The Morgan fingerprint density at radius 2 is 1.90 bits per heavy atom. The number of amides is 1. The minimum absolute atomic E-state index is 0.0461. The highest BCUT2D eigenvalue weighted by Gasteiger charge is 2.24. The van der Waals surface area contributed by atoms with Gasteiger partial charge in [0.15, 0.2) is 0 Å². The molecule has 0 aliphatic rings. The predicted molar refractivity (Wildman–Crippen MR) is 76.2 cm³/mol. The van der Waals surface area contributed by atoms with Crippen molar-refractivity contribution in [2.45, 2.75) is 57.7 Å². The van der Waals surface area contributed by atoms with Crippen LogP contribution in [0, 0.1) is 0 Å². The molecule has 2 atom stereocenters. The SMILES string of the molecule is CC(C)(C)OC[C@H](N)C(=O)N[C@@H](CCCCN)C(=O)O. The van der Waals surface area contributed by atoms with Crippen molar-refractivity contribution in [2.24, 2.45) is 11.5 Å². The van der Waals surface area contributed by atoms with Crippen LogP contribution in [0.15, 0.2) is 0 Å². The van der Waals surface area contributed by atoms with Crippen molar-refractivity contribution in [3.8, 4) is 0 Å². The van der Waals surface area contributed by atoms with Crippen molar-refractivity contribution in [2.75, 3.05) is 13.2 Å². The van der Waals surface area contributed by atoms with Crippen LogP contribution in [-0.4, -0.2) is 47.8 Å². The molecule has 20 heavy (non-hydrogen) atoms. The Hall–Kier alpha value is -1.18. The van der Waals surface area contributed by atoms with Gasteiger partial charge >= 0.3 is 5.97 Å². The maximum Gasteiger partial charge on any atom is 0.326 e. The number of rotatable bonds is 9. The van der Waals surface area contributed by atoms with Crippen LogP contribution in [0.4, 0.5) is 0 Å². The summed E-state index contributed by atoms with van der Waals surface area (Å²) in [5.41, 5.74) is 10.6. The normalized spacial score (nSPS) is 14.7. The number of carboxylic acids is 1. The van der Waals surface area contributed by atoms with E-state index in [0.29, 0.717) is 19.4 Å². The van der Waals surface area contributed by atoms with Gasteiger partial charge in [0, 0.05) is 0 Å². The van der Waals surface area contributed by atoms with Gasteiger partial charge in [-0.1, -0.05) is 0 Å². The van der Waals surface area contributed by atoms with Gasteiger partial charge in [-0.2, -0.15) is 0 Å². The molecule has 0 bridgehead atoms. The smallest absolute Gasteiger partial charge is 0.326 e. The van der Waals surface area contributed by atoms with Crippen LogP contribution in [0.2, 0.25) is 0 Å². The van der Waals surface area contributed by atoms with E-state index in [9.17, 15) is 9.59 Å². The van der Waals surface area contributed by atoms with Crippen LogP contribution in [0.3, 0.4) is 0 Å². The third-order valence-corrected chi connectivity index (χ3v) is 2.59. The molecule has 0 aromatic rings. The van der Waals surface area contributed by atoms with Crippen LogP contribution in [0.1, 0.15) is 40.0 Å². The molecule has 1 amide bonds. The van der Waals surface area contributed by atoms with E-state index in [1.807, 2.05) is 20.8 Å². The lowest BCUT2D eigenvalue weighted by Crippen LogP contribution is -2.50. The highest BCUT2D eigenvalue weighted by molar-refractivity contribution is 5.86. The van der Waals surface area contributed by atoms with Gasteiger partial charge in [-0.15, -0.1) is 0 Å². The predicted octanol–water partition coefficient (Wildman–Crippen LogP) is -0.173. The number of nitrogens with one attached hydrogen (secondary N) is 1. The highest BCUT2D eigenvalue weighted by Crippen LogP contribution is 2.07. The topological polar surface area (TPSA) is 128 Å². The second-order valence-electron chi connectivity index (χ2n) is 5.71. The summed E-state index contributed by atoms with van der Waals surface area (Å²) in [4.78, 5) is 22.9. The lowest BCUT2D eigenvalue weighted by Gasteiger charge is -2.23. The number of unbranched alkanes of at least 4 members (excludes halogenated alkanes) is 1. The van der Waals surface area contributed by atoms with Gasteiger partial charge in [0.2, 0.25) is 5.91 Å². The van der Waals surface area contributed by atoms with E-state index in [1.54, 1.807) is 0 Å². The highest BCUT2D eigenvalue weighted by atomic mass is 16.5.